The number of nitrogens with one attached hydrogen (secondary N) is 2. The molecule has 30 heavy (non-hydrogen) atoms. The first-order valence-electron chi connectivity index (χ1n) is 9.18. The highest BCUT2D eigenvalue weighted by Gasteiger charge is 2.08. The zero-order valence-electron chi connectivity index (χ0n) is 15.8. The van der Waals surface area contributed by atoms with Crippen LogP contribution in [0.4, 0.5) is 20.4 Å². The van der Waals surface area contributed by atoms with Crippen LogP contribution in [0.2, 0.25) is 0 Å². The largest absolute Gasteiger partial charge is 0.316 e. The van der Waals surface area contributed by atoms with E-state index in [1.165, 1.54) is 12.1 Å². The molecule has 0 aliphatic rings. The van der Waals surface area contributed by atoms with Crippen molar-refractivity contribution in [1.82, 2.24) is 19.6 Å². The minimum absolute atomic E-state index is 0.273. The maximum atomic E-state index is 13.8. The van der Waals surface area contributed by atoms with E-state index in [9.17, 15) is 8.78 Å². The van der Waals surface area contributed by atoms with Gasteiger partial charge >= 0.3 is 0 Å². The molecule has 2 aromatic carbocycles. The smallest absolute Gasteiger partial charge is 0.177 e. The van der Waals surface area contributed by atoms with E-state index in [4.69, 9.17) is 12.2 Å². The van der Waals surface area contributed by atoms with E-state index >= 15 is 0 Å². The summed E-state index contributed by atoms with van der Waals surface area (Å²) in [4.78, 5) is 0. The lowest BCUT2D eigenvalue weighted by Gasteiger charge is -2.07. The van der Waals surface area contributed by atoms with Crippen molar-refractivity contribution in [3.63, 3.8) is 0 Å². The van der Waals surface area contributed by atoms with Crippen LogP contribution in [0.3, 0.4) is 0 Å². The Kier molecular flexibility index (Phi) is 5.80. The van der Waals surface area contributed by atoms with Crippen LogP contribution in [0, 0.1) is 11.6 Å². The highest BCUT2D eigenvalue weighted by atomic mass is 32.1. The van der Waals surface area contributed by atoms with Gasteiger partial charge in [0, 0.05) is 35.7 Å². The van der Waals surface area contributed by atoms with E-state index in [1.807, 2.05) is 0 Å². The fourth-order valence-corrected chi connectivity index (χ4v) is 3.11. The zero-order valence-corrected chi connectivity index (χ0v) is 16.6. The van der Waals surface area contributed by atoms with E-state index in [0.717, 1.165) is 0 Å². The molecule has 2 heterocycles. The van der Waals surface area contributed by atoms with Gasteiger partial charge in [0.15, 0.2) is 16.7 Å². The molecule has 0 radical (unpaired) electrons. The van der Waals surface area contributed by atoms with Crippen LogP contribution in [0.1, 0.15) is 11.1 Å². The van der Waals surface area contributed by atoms with Gasteiger partial charge in [-0.25, -0.2) is 8.78 Å². The molecule has 152 valence electrons. The summed E-state index contributed by atoms with van der Waals surface area (Å²) in [5, 5.41) is 14.9. The Labute approximate surface area is 177 Å². The van der Waals surface area contributed by atoms with Crippen LogP contribution >= 0.6 is 12.2 Å². The average molecular weight is 424 g/mol. The molecule has 0 spiro atoms. The Bertz CT molecular complexity index is 1080. The normalized spacial score (nSPS) is 10.7. The quantitative estimate of drug-likeness (QED) is 0.453. The van der Waals surface area contributed by atoms with Gasteiger partial charge in [-0.05, 0) is 24.4 Å². The predicted octanol–water partition coefficient (Wildman–Crippen LogP) is 4.26. The first kappa shape index (κ1) is 19.7. The lowest BCUT2D eigenvalue weighted by atomic mass is 10.2. The zero-order chi connectivity index (χ0) is 20.9. The number of hydrogen-bond donors (Lipinski definition) is 2. The van der Waals surface area contributed by atoms with Crippen LogP contribution in [0.15, 0.2) is 73.1 Å². The third kappa shape index (κ3) is 4.87. The van der Waals surface area contributed by atoms with Gasteiger partial charge in [-0.15, -0.1) is 0 Å². The molecule has 0 aliphatic carbocycles. The van der Waals surface area contributed by atoms with Gasteiger partial charge in [0.1, 0.15) is 11.6 Å². The van der Waals surface area contributed by atoms with Gasteiger partial charge in [-0.2, -0.15) is 10.2 Å². The van der Waals surface area contributed by atoms with Gasteiger partial charge in [0.25, 0.3) is 0 Å². The van der Waals surface area contributed by atoms with Crippen molar-refractivity contribution in [2.75, 3.05) is 10.6 Å². The first-order valence-corrected chi connectivity index (χ1v) is 9.59. The summed E-state index contributed by atoms with van der Waals surface area (Å²) in [5.41, 5.74) is 1.10. The summed E-state index contributed by atoms with van der Waals surface area (Å²) in [5.74, 6) is 0.501. The predicted molar refractivity (Wildman–Crippen MR) is 115 cm³/mol. The van der Waals surface area contributed by atoms with Crippen LogP contribution in [-0.4, -0.2) is 24.7 Å². The molecule has 0 aliphatic heterocycles. The van der Waals surface area contributed by atoms with Gasteiger partial charge in [0.05, 0.1) is 13.1 Å². The van der Waals surface area contributed by atoms with E-state index in [1.54, 1.807) is 70.3 Å². The molecule has 0 fully saturated rings. The summed E-state index contributed by atoms with van der Waals surface area (Å²) in [6, 6.07) is 16.6. The summed E-state index contributed by atoms with van der Waals surface area (Å²) >= 11 is 5.30. The number of aromatic nitrogens is 4. The number of benzene rings is 2. The Morgan fingerprint density at radius 3 is 1.60 bits per heavy atom. The molecule has 2 aromatic heterocycles. The monoisotopic (exact) mass is 424 g/mol. The highest BCUT2D eigenvalue weighted by molar-refractivity contribution is 7.80. The minimum Gasteiger partial charge on any atom is -0.316 e. The molecule has 4 rings (SSSR count). The Morgan fingerprint density at radius 2 is 1.17 bits per heavy atom. The maximum Gasteiger partial charge on any atom is 0.177 e. The lowest BCUT2D eigenvalue weighted by Crippen LogP contribution is -2.20. The SMILES string of the molecule is Fc1ccccc1Cn1ccc(NC(=S)Nc2ccn(Cc3ccccc3F)n2)n1. The van der Waals surface area contributed by atoms with Crippen LogP contribution < -0.4 is 10.6 Å². The number of anilines is 2. The Balaban J connectivity index is 1.33. The average Bonchev–Trinajstić information content (AvgIpc) is 3.35. The van der Waals surface area contributed by atoms with E-state index in [0.29, 0.717) is 41.0 Å². The summed E-state index contributed by atoms with van der Waals surface area (Å²) < 4.78 is 30.8. The maximum absolute atomic E-state index is 13.8. The van der Waals surface area contributed by atoms with Crippen molar-refractivity contribution >= 4 is 29.0 Å². The second-order valence-electron chi connectivity index (χ2n) is 6.56. The molecule has 0 saturated heterocycles. The molecule has 0 bridgehead atoms. The number of hydrogen-bond acceptors (Lipinski definition) is 3. The van der Waals surface area contributed by atoms with Crippen molar-refractivity contribution in [2.45, 2.75) is 13.1 Å². The molecule has 4 aromatic rings. The summed E-state index contributed by atoms with van der Waals surface area (Å²) in [6.45, 7) is 0.629. The topological polar surface area (TPSA) is 59.7 Å². The number of halogens is 2. The van der Waals surface area contributed by atoms with Crippen LogP contribution in [-0.2, 0) is 13.1 Å². The summed E-state index contributed by atoms with van der Waals surface area (Å²) in [6.07, 6.45) is 3.47. The fourth-order valence-electron chi connectivity index (χ4n) is 2.90. The van der Waals surface area contributed by atoms with Crippen molar-refractivity contribution in [2.24, 2.45) is 0 Å². The molecular formula is C21H18F2N6S. The molecule has 0 amide bonds. The van der Waals surface area contributed by atoms with Crippen molar-refractivity contribution in [3.05, 3.63) is 95.8 Å². The number of rotatable bonds is 6. The summed E-state index contributed by atoms with van der Waals surface area (Å²) in [7, 11) is 0. The highest BCUT2D eigenvalue weighted by Crippen LogP contribution is 2.12. The third-order valence-corrected chi connectivity index (χ3v) is 4.55. The molecule has 6 nitrogen and oxygen atoms in total. The van der Waals surface area contributed by atoms with Crippen molar-refractivity contribution in [3.8, 4) is 0 Å². The van der Waals surface area contributed by atoms with Gasteiger partial charge in [0.2, 0.25) is 0 Å². The lowest BCUT2D eigenvalue weighted by molar-refractivity contribution is 0.586. The van der Waals surface area contributed by atoms with Crippen LogP contribution in [0.25, 0.3) is 0 Å². The molecule has 0 unspecified atom stereocenters. The van der Waals surface area contributed by atoms with E-state index in [2.05, 4.69) is 20.8 Å². The van der Waals surface area contributed by atoms with E-state index < -0.39 is 0 Å². The molecule has 2 N–H and O–H groups in total. The van der Waals surface area contributed by atoms with Crippen molar-refractivity contribution in [1.29, 1.82) is 0 Å². The Hall–Kier alpha value is -3.59. The first-order chi connectivity index (χ1) is 14.6. The van der Waals surface area contributed by atoms with Gasteiger partial charge in [-0.3, -0.25) is 9.36 Å². The van der Waals surface area contributed by atoms with E-state index in [-0.39, 0.29) is 11.6 Å². The van der Waals surface area contributed by atoms with Gasteiger partial charge in [-0.1, -0.05) is 36.4 Å². The molecule has 0 atom stereocenters. The molecular weight excluding hydrogens is 406 g/mol. The Morgan fingerprint density at radius 1 is 0.733 bits per heavy atom. The second kappa shape index (κ2) is 8.83. The van der Waals surface area contributed by atoms with Crippen LogP contribution in [0.5, 0.6) is 0 Å². The van der Waals surface area contributed by atoms with Gasteiger partial charge < -0.3 is 10.6 Å². The second-order valence-corrected chi connectivity index (χ2v) is 6.97. The molecule has 0 saturated carbocycles. The van der Waals surface area contributed by atoms with Crippen molar-refractivity contribution < 1.29 is 8.78 Å². The third-order valence-electron chi connectivity index (χ3n) is 4.34. The minimum atomic E-state index is -0.273. The number of nitrogens with zero attached hydrogens (tertiary/aromatic N) is 4. The number of thiocarbonyl (C=S) groups is 1. The standard InChI is InChI=1S/C21H18F2N6S/c22-17-7-3-1-5-15(17)13-28-11-9-19(26-28)24-21(30)25-20-10-12-29(27-20)14-16-6-2-4-8-18(16)23/h1-12H,13-14H2,(H2,24,25,26,27,30). The molecule has 9 heteroatoms. The fraction of sp³-hybridized carbons (Fsp3) is 0.0952.